The van der Waals surface area contributed by atoms with Gasteiger partial charge in [-0.3, -0.25) is 0 Å². The highest BCUT2D eigenvalue weighted by atomic mass is 79.9. The zero-order valence-electron chi connectivity index (χ0n) is 9.89. The molecule has 0 amide bonds. The number of benzene rings is 2. The minimum absolute atomic E-state index is 0.191. The van der Waals surface area contributed by atoms with Gasteiger partial charge in [0.1, 0.15) is 5.82 Å². The molecule has 6 heteroatoms. The molecular formula is C14H8BrClF4. The maximum atomic E-state index is 14.0. The van der Waals surface area contributed by atoms with Gasteiger partial charge in [0, 0.05) is 10.0 Å². The van der Waals surface area contributed by atoms with E-state index >= 15 is 0 Å². The zero-order valence-corrected chi connectivity index (χ0v) is 12.2. The van der Waals surface area contributed by atoms with E-state index in [1.165, 1.54) is 6.07 Å². The first-order chi connectivity index (χ1) is 9.30. The lowest BCUT2D eigenvalue weighted by Gasteiger charge is -2.15. The van der Waals surface area contributed by atoms with E-state index in [-0.39, 0.29) is 5.56 Å². The van der Waals surface area contributed by atoms with Crippen molar-refractivity contribution in [1.29, 1.82) is 0 Å². The van der Waals surface area contributed by atoms with Gasteiger partial charge >= 0.3 is 6.18 Å². The molecule has 1 unspecified atom stereocenters. The second-order valence-electron chi connectivity index (χ2n) is 4.12. The standard InChI is InChI=1S/C14H8BrClF4/c15-9-6-4-8(5-7-9)12(16)10-2-1-3-11(13(10)17)14(18,19)20/h1-7,12H. The number of hydrogen-bond donors (Lipinski definition) is 0. The lowest BCUT2D eigenvalue weighted by molar-refractivity contribution is -0.140. The monoisotopic (exact) mass is 366 g/mol. The third-order valence-corrected chi connectivity index (χ3v) is 3.79. The first kappa shape index (κ1) is 15.3. The Bertz CT molecular complexity index is 608. The topological polar surface area (TPSA) is 0 Å². The molecule has 0 bridgehead atoms. The first-order valence-corrected chi connectivity index (χ1v) is 6.79. The quantitative estimate of drug-likeness (QED) is 0.455. The molecular weight excluding hydrogens is 360 g/mol. The molecule has 106 valence electrons. The van der Waals surface area contributed by atoms with E-state index in [0.29, 0.717) is 11.6 Å². The Labute approximate surface area is 126 Å². The van der Waals surface area contributed by atoms with E-state index in [4.69, 9.17) is 11.6 Å². The van der Waals surface area contributed by atoms with E-state index in [1.807, 2.05) is 0 Å². The summed E-state index contributed by atoms with van der Waals surface area (Å²) >= 11 is 9.33. The molecule has 2 rings (SSSR count). The van der Waals surface area contributed by atoms with E-state index in [1.54, 1.807) is 24.3 Å². The predicted octanol–water partition coefficient (Wildman–Crippen LogP) is 5.94. The molecule has 0 radical (unpaired) electrons. The third-order valence-electron chi connectivity index (χ3n) is 2.77. The Kier molecular flexibility index (Phi) is 4.39. The Balaban J connectivity index is 2.45. The third kappa shape index (κ3) is 3.15. The van der Waals surface area contributed by atoms with Crippen molar-refractivity contribution < 1.29 is 17.6 Å². The number of halogens is 6. The summed E-state index contributed by atoms with van der Waals surface area (Å²) in [5, 5.41) is -0.981. The van der Waals surface area contributed by atoms with Crippen molar-refractivity contribution in [2.45, 2.75) is 11.6 Å². The maximum absolute atomic E-state index is 14.0. The van der Waals surface area contributed by atoms with Gasteiger partial charge in [-0.05, 0) is 23.8 Å². The van der Waals surface area contributed by atoms with Gasteiger partial charge in [0.15, 0.2) is 0 Å². The highest BCUT2D eigenvalue weighted by Crippen LogP contribution is 2.37. The highest BCUT2D eigenvalue weighted by Gasteiger charge is 2.35. The van der Waals surface area contributed by atoms with Crippen LogP contribution in [0.1, 0.15) is 22.1 Å². The molecule has 1 atom stereocenters. The smallest absolute Gasteiger partial charge is 0.206 e. The van der Waals surface area contributed by atoms with Crippen LogP contribution in [0.4, 0.5) is 17.6 Å². The molecule has 2 aromatic carbocycles. The van der Waals surface area contributed by atoms with Gasteiger partial charge in [0.2, 0.25) is 0 Å². The van der Waals surface area contributed by atoms with Gasteiger partial charge < -0.3 is 0 Å². The minimum Gasteiger partial charge on any atom is -0.206 e. The SMILES string of the molecule is Fc1c(C(Cl)c2ccc(Br)cc2)cccc1C(F)(F)F. The van der Waals surface area contributed by atoms with Crippen molar-refractivity contribution >= 4 is 27.5 Å². The largest absolute Gasteiger partial charge is 0.419 e. The highest BCUT2D eigenvalue weighted by molar-refractivity contribution is 9.10. The minimum atomic E-state index is -4.74. The van der Waals surface area contributed by atoms with Gasteiger partial charge in [-0.1, -0.05) is 40.2 Å². The fraction of sp³-hybridized carbons (Fsp3) is 0.143. The summed E-state index contributed by atoms with van der Waals surface area (Å²) in [5.41, 5.74) is -0.977. The van der Waals surface area contributed by atoms with E-state index in [2.05, 4.69) is 15.9 Å². The summed E-state index contributed by atoms with van der Waals surface area (Å²) in [7, 11) is 0. The Morgan fingerprint density at radius 2 is 1.60 bits per heavy atom. The van der Waals surface area contributed by atoms with Gasteiger partial charge in [-0.15, -0.1) is 11.6 Å². The predicted molar refractivity (Wildman–Crippen MR) is 73.2 cm³/mol. The Hall–Kier alpha value is -1.07. The molecule has 0 N–H and O–H groups in total. The summed E-state index contributed by atoms with van der Waals surface area (Å²) in [4.78, 5) is 0. The molecule has 20 heavy (non-hydrogen) atoms. The molecule has 2 aromatic rings. The van der Waals surface area contributed by atoms with Crippen molar-refractivity contribution in [1.82, 2.24) is 0 Å². The van der Waals surface area contributed by atoms with Crippen molar-refractivity contribution in [3.05, 3.63) is 69.4 Å². The normalized spacial score (nSPS) is 13.3. The van der Waals surface area contributed by atoms with Crippen molar-refractivity contribution in [3.63, 3.8) is 0 Å². The molecule has 0 aromatic heterocycles. The summed E-state index contributed by atoms with van der Waals surface area (Å²) in [6.07, 6.45) is -4.74. The molecule has 0 heterocycles. The Morgan fingerprint density at radius 1 is 1.00 bits per heavy atom. The van der Waals surface area contributed by atoms with Crippen LogP contribution in [0.5, 0.6) is 0 Å². The Morgan fingerprint density at radius 3 is 2.15 bits per heavy atom. The molecule has 0 aliphatic rings. The maximum Gasteiger partial charge on any atom is 0.419 e. The van der Waals surface area contributed by atoms with Crippen molar-refractivity contribution in [3.8, 4) is 0 Å². The average molecular weight is 368 g/mol. The van der Waals surface area contributed by atoms with E-state index < -0.39 is 22.9 Å². The second-order valence-corrected chi connectivity index (χ2v) is 5.47. The van der Waals surface area contributed by atoms with Gasteiger partial charge in [-0.2, -0.15) is 13.2 Å². The lowest BCUT2D eigenvalue weighted by atomic mass is 10.0. The van der Waals surface area contributed by atoms with Crippen LogP contribution in [-0.2, 0) is 6.18 Å². The van der Waals surface area contributed by atoms with Crippen LogP contribution in [0.25, 0.3) is 0 Å². The molecule has 0 saturated heterocycles. The second kappa shape index (κ2) is 5.74. The van der Waals surface area contributed by atoms with Crippen LogP contribution in [0.15, 0.2) is 46.9 Å². The molecule has 0 saturated carbocycles. The molecule has 0 aliphatic carbocycles. The van der Waals surface area contributed by atoms with Crippen LogP contribution in [-0.4, -0.2) is 0 Å². The fourth-order valence-electron chi connectivity index (χ4n) is 1.78. The number of rotatable bonds is 2. The van der Waals surface area contributed by atoms with Crippen molar-refractivity contribution in [2.24, 2.45) is 0 Å². The van der Waals surface area contributed by atoms with E-state index in [0.717, 1.165) is 10.5 Å². The van der Waals surface area contributed by atoms with Gasteiger partial charge in [0.05, 0.1) is 10.9 Å². The first-order valence-electron chi connectivity index (χ1n) is 5.56. The van der Waals surface area contributed by atoms with Crippen LogP contribution in [0.3, 0.4) is 0 Å². The average Bonchev–Trinajstić information content (AvgIpc) is 2.37. The van der Waals surface area contributed by atoms with Gasteiger partial charge in [-0.25, -0.2) is 4.39 Å². The van der Waals surface area contributed by atoms with Crippen LogP contribution in [0, 0.1) is 5.82 Å². The summed E-state index contributed by atoms with van der Waals surface area (Å²) in [5.74, 6) is -1.33. The van der Waals surface area contributed by atoms with Crippen LogP contribution in [0.2, 0.25) is 0 Å². The number of hydrogen-bond acceptors (Lipinski definition) is 0. The fourth-order valence-corrected chi connectivity index (χ4v) is 2.35. The van der Waals surface area contributed by atoms with Crippen molar-refractivity contribution in [2.75, 3.05) is 0 Å². The lowest BCUT2D eigenvalue weighted by Crippen LogP contribution is -2.10. The van der Waals surface area contributed by atoms with Crippen LogP contribution >= 0.6 is 27.5 Å². The molecule has 0 fully saturated rings. The molecule has 0 spiro atoms. The van der Waals surface area contributed by atoms with Crippen LogP contribution < -0.4 is 0 Å². The summed E-state index contributed by atoms with van der Waals surface area (Å²) < 4.78 is 52.7. The molecule has 0 aliphatic heterocycles. The summed E-state index contributed by atoms with van der Waals surface area (Å²) in [6, 6.07) is 9.74. The summed E-state index contributed by atoms with van der Waals surface area (Å²) in [6.45, 7) is 0. The zero-order chi connectivity index (χ0) is 14.9. The molecule has 0 nitrogen and oxygen atoms in total. The van der Waals surface area contributed by atoms with Gasteiger partial charge in [0.25, 0.3) is 0 Å². The van der Waals surface area contributed by atoms with E-state index in [9.17, 15) is 17.6 Å². The number of alkyl halides is 4.